The number of hydrogen-bond acceptors (Lipinski definition) is 5. The number of likely N-dealkylation sites (tertiary alicyclic amines) is 1. The van der Waals surface area contributed by atoms with Crippen LogP contribution in [0.2, 0.25) is 0 Å². The van der Waals surface area contributed by atoms with Crippen molar-refractivity contribution in [3.05, 3.63) is 84.2 Å². The predicted molar refractivity (Wildman–Crippen MR) is 135 cm³/mol. The van der Waals surface area contributed by atoms with Crippen LogP contribution < -0.4 is 10.1 Å². The van der Waals surface area contributed by atoms with Gasteiger partial charge in [-0.15, -0.1) is 0 Å². The zero-order valence-corrected chi connectivity index (χ0v) is 19.9. The van der Waals surface area contributed by atoms with Gasteiger partial charge in [-0.2, -0.15) is 13.2 Å². The minimum atomic E-state index is -4.52. The minimum Gasteiger partial charge on any atom is -0.497 e. The third-order valence-corrected chi connectivity index (χ3v) is 6.57. The van der Waals surface area contributed by atoms with Gasteiger partial charge in [0.05, 0.1) is 12.6 Å². The Balaban J connectivity index is 1.35. The van der Waals surface area contributed by atoms with Gasteiger partial charge in [0.1, 0.15) is 17.3 Å². The Labute approximate surface area is 208 Å². The second-order valence-electron chi connectivity index (χ2n) is 9.02. The highest BCUT2D eigenvalue weighted by Crippen LogP contribution is 2.35. The van der Waals surface area contributed by atoms with Crippen LogP contribution in [0.25, 0.3) is 22.0 Å². The summed E-state index contributed by atoms with van der Waals surface area (Å²) in [6, 6.07) is 20.0. The number of aromatic nitrogens is 2. The first kappa shape index (κ1) is 24.1. The SMILES string of the molecule is COc1cccc(CN2CCC(Nc3ncc(-c4ccccc4)c4nc(C(F)(F)F)ccc34)CC2)c1. The summed E-state index contributed by atoms with van der Waals surface area (Å²) in [6.45, 7) is 2.66. The van der Waals surface area contributed by atoms with Gasteiger partial charge in [-0.3, -0.25) is 4.90 Å². The van der Waals surface area contributed by atoms with Gasteiger partial charge in [-0.25, -0.2) is 9.97 Å². The summed E-state index contributed by atoms with van der Waals surface area (Å²) >= 11 is 0. The molecule has 1 saturated heterocycles. The molecule has 0 saturated carbocycles. The Morgan fingerprint density at radius 1 is 1.00 bits per heavy atom. The lowest BCUT2D eigenvalue weighted by atomic mass is 10.0. The lowest BCUT2D eigenvalue weighted by molar-refractivity contribution is -0.140. The Hall–Kier alpha value is -3.65. The molecule has 8 heteroatoms. The lowest BCUT2D eigenvalue weighted by Gasteiger charge is -2.33. The van der Waals surface area contributed by atoms with Gasteiger partial charge >= 0.3 is 6.18 Å². The molecular formula is C28H27F3N4O. The van der Waals surface area contributed by atoms with Crippen LogP contribution in [-0.4, -0.2) is 41.1 Å². The Bertz CT molecular complexity index is 1340. The lowest BCUT2D eigenvalue weighted by Crippen LogP contribution is -2.38. The van der Waals surface area contributed by atoms with Crippen molar-refractivity contribution in [1.29, 1.82) is 0 Å². The van der Waals surface area contributed by atoms with Gasteiger partial charge in [-0.1, -0.05) is 42.5 Å². The first-order chi connectivity index (χ1) is 17.4. The second kappa shape index (κ2) is 10.1. The molecule has 3 heterocycles. The maximum Gasteiger partial charge on any atom is 0.433 e. The van der Waals surface area contributed by atoms with Gasteiger partial charge in [0.25, 0.3) is 0 Å². The number of ether oxygens (including phenoxy) is 1. The molecule has 0 spiro atoms. The van der Waals surface area contributed by atoms with E-state index in [0.717, 1.165) is 49.9 Å². The van der Waals surface area contributed by atoms with Crippen LogP contribution in [0.3, 0.4) is 0 Å². The highest BCUT2D eigenvalue weighted by Gasteiger charge is 2.33. The van der Waals surface area contributed by atoms with Crippen molar-refractivity contribution in [1.82, 2.24) is 14.9 Å². The third-order valence-electron chi connectivity index (χ3n) is 6.57. The first-order valence-electron chi connectivity index (χ1n) is 11.9. The second-order valence-corrected chi connectivity index (χ2v) is 9.02. The molecule has 4 aromatic rings. The number of piperidine rings is 1. The van der Waals surface area contributed by atoms with Crippen molar-refractivity contribution in [2.45, 2.75) is 31.6 Å². The molecule has 0 unspecified atom stereocenters. The molecule has 186 valence electrons. The molecule has 0 radical (unpaired) electrons. The fraction of sp³-hybridized carbons (Fsp3) is 0.286. The normalized spacial score (nSPS) is 15.2. The van der Waals surface area contributed by atoms with Gasteiger partial charge in [-0.05, 0) is 48.2 Å². The van der Waals surface area contributed by atoms with E-state index in [2.05, 4.69) is 32.3 Å². The number of rotatable bonds is 6. The molecule has 0 amide bonds. The molecule has 2 aromatic heterocycles. The van der Waals surface area contributed by atoms with Gasteiger partial charge in [0.15, 0.2) is 0 Å². The average molecular weight is 493 g/mol. The van der Waals surface area contributed by atoms with E-state index in [0.29, 0.717) is 22.3 Å². The summed E-state index contributed by atoms with van der Waals surface area (Å²) in [5, 5.41) is 4.07. The van der Waals surface area contributed by atoms with Crippen LogP contribution in [0, 0.1) is 0 Å². The molecule has 0 bridgehead atoms. The van der Waals surface area contributed by atoms with Crippen LogP contribution in [-0.2, 0) is 12.7 Å². The number of hydrogen-bond donors (Lipinski definition) is 1. The van der Waals surface area contributed by atoms with Crippen LogP contribution in [0.5, 0.6) is 5.75 Å². The van der Waals surface area contributed by atoms with Crippen molar-refractivity contribution in [3.8, 4) is 16.9 Å². The summed E-state index contributed by atoms with van der Waals surface area (Å²) < 4.78 is 45.7. The van der Waals surface area contributed by atoms with Gasteiger partial charge in [0, 0.05) is 42.8 Å². The van der Waals surface area contributed by atoms with Crippen LogP contribution >= 0.6 is 0 Å². The maximum absolute atomic E-state index is 13.5. The van der Waals surface area contributed by atoms with E-state index in [1.807, 2.05) is 42.5 Å². The molecule has 36 heavy (non-hydrogen) atoms. The number of fused-ring (bicyclic) bond motifs is 1. The van der Waals surface area contributed by atoms with E-state index in [9.17, 15) is 13.2 Å². The number of anilines is 1. The summed E-state index contributed by atoms with van der Waals surface area (Å²) in [5.74, 6) is 1.42. The average Bonchev–Trinajstić information content (AvgIpc) is 2.90. The smallest absolute Gasteiger partial charge is 0.433 e. The number of alkyl halides is 3. The Kier molecular flexibility index (Phi) is 6.78. The maximum atomic E-state index is 13.5. The minimum absolute atomic E-state index is 0.173. The van der Waals surface area contributed by atoms with Crippen molar-refractivity contribution in [2.75, 3.05) is 25.5 Å². The van der Waals surface area contributed by atoms with Gasteiger partial charge in [0.2, 0.25) is 0 Å². The van der Waals surface area contributed by atoms with Crippen molar-refractivity contribution in [2.24, 2.45) is 0 Å². The summed E-state index contributed by atoms with van der Waals surface area (Å²) in [7, 11) is 1.67. The van der Waals surface area contributed by atoms with E-state index in [4.69, 9.17) is 4.74 Å². The van der Waals surface area contributed by atoms with Crippen LogP contribution in [0.4, 0.5) is 19.0 Å². The zero-order chi connectivity index (χ0) is 25.1. The Morgan fingerprint density at radius 2 is 1.78 bits per heavy atom. The number of methoxy groups -OCH3 is 1. The largest absolute Gasteiger partial charge is 0.497 e. The highest BCUT2D eigenvalue weighted by molar-refractivity contribution is 5.99. The number of nitrogens with zero attached hydrogens (tertiary/aromatic N) is 3. The number of pyridine rings is 2. The first-order valence-corrected chi connectivity index (χ1v) is 11.9. The number of halogens is 3. The standard InChI is InChI=1S/C28H27F3N4O/c1-36-22-9-5-6-19(16-22)18-35-14-12-21(13-15-35)33-27-23-10-11-25(28(29,30)31)34-26(23)24(17-32-27)20-7-3-2-4-8-20/h2-11,16-17,21H,12-15,18H2,1H3,(H,32,33). The molecule has 1 aliphatic heterocycles. The topological polar surface area (TPSA) is 50.3 Å². The van der Waals surface area contributed by atoms with Crippen molar-refractivity contribution < 1.29 is 17.9 Å². The summed E-state index contributed by atoms with van der Waals surface area (Å²) in [4.78, 5) is 11.0. The number of nitrogens with one attached hydrogen (secondary N) is 1. The third kappa shape index (κ3) is 5.28. The molecule has 2 aromatic carbocycles. The van der Waals surface area contributed by atoms with Crippen LogP contribution in [0.15, 0.2) is 72.9 Å². The zero-order valence-electron chi connectivity index (χ0n) is 19.9. The molecule has 1 fully saturated rings. The van der Waals surface area contributed by atoms with E-state index < -0.39 is 11.9 Å². The van der Waals surface area contributed by atoms with E-state index in [-0.39, 0.29) is 6.04 Å². The fourth-order valence-corrected chi connectivity index (χ4v) is 4.67. The monoisotopic (exact) mass is 492 g/mol. The molecule has 5 nitrogen and oxygen atoms in total. The van der Waals surface area contributed by atoms with Crippen molar-refractivity contribution >= 4 is 16.7 Å². The van der Waals surface area contributed by atoms with Gasteiger partial charge < -0.3 is 10.1 Å². The molecule has 0 aliphatic carbocycles. The van der Waals surface area contributed by atoms with Crippen molar-refractivity contribution in [3.63, 3.8) is 0 Å². The number of benzene rings is 2. The molecular weight excluding hydrogens is 465 g/mol. The van der Waals surface area contributed by atoms with E-state index >= 15 is 0 Å². The molecule has 1 N–H and O–H groups in total. The molecule has 5 rings (SSSR count). The predicted octanol–water partition coefficient (Wildman–Crippen LogP) is 6.40. The van der Waals surface area contributed by atoms with Crippen LogP contribution in [0.1, 0.15) is 24.1 Å². The molecule has 1 aliphatic rings. The Morgan fingerprint density at radius 3 is 2.50 bits per heavy atom. The van der Waals surface area contributed by atoms with E-state index in [1.165, 1.54) is 11.6 Å². The summed E-state index contributed by atoms with van der Waals surface area (Å²) in [6.07, 6.45) is -1.09. The molecule has 0 atom stereocenters. The summed E-state index contributed by atoms with van der Waals surface area (Å²) in [5.41, 5.74) is 1.95. The highest BCUT2D eigenvalue weighted by atomic mass is 19.4. The van der Waals surface area contributed by atoms with E-state index in [1.54, 1.807) is 13.3 Å². The fourth-order valence-electron chi connectivity index (χ4n) is 4.67. The quantitative estimate of drug-likeness (QED) is 0.338.